The van der Waals surface area contributed by atoms with E-state index in [-0.39, 0.29) is 18.1 Å². The lowest BCUT2D eigenvalue weighted by atomic mass is 9.95. The maximum absolute atomic E-state index is 12.5. The van der Waals surface area contributed by atoms with Crippen LogP contribution in [-0.2, 0) is 20.8 Å². The van der Waals surface area contributed by atoms with Gasteiger partial charge in [0.05, 0.1) is 24.3 Å². The smallest absolute Gasteiger partial charge is 0.264 e. The zero-order valence-electron chi connectivity index (χ0n) is 13.6. The van der Waals surface area contributed by atoms with Gasteiger partial charge in [-0.05, 0) is 20.3 Å². The molecule has 2 N–H and O–H groups in total. The molecular weight excluding hydrogens is 320 g/mol. The Balaban J connectivity index is 2.31. The molecule has 2 rings (SSSR count). The summed E-state index contributed by atoms with van der Waals surface area (Å²) in [7, 11) is -1.85. The molecule has 0 atom stereocenters. The molecule has 23 heavy (non-hydrogen) atoms. The van der Waals surface area contributed by atoms with Crippen LogP contribution in [0, 0.1) is 6.92 Å². The van der Waals surface area contributed by atoms with Crippen LogP contribution in [0.3, 0.4) is 0 Å². The number of nitrogens with two attached hydrogens (primary N) is 1. The van der Waals surface area contributed by atoms with Crippen LogP contribution < -0.4 is 5.73 Å². The fourth-order valence-electron chi connectivity index (χ4n) is 2.54. The quantitative estimate of drug-likeness (QED) is 0.613. The monoisotopic (exact) mass is 340 g/mol. The number of ketones is 1. The molecule has 0 saturated carbocycles. The van der Waals surface area contributed by atoms with Gasteiger partial charge in [0.25, 0.3) is 10.1 Å². The minimum Gasteiger partial charge on any atom is -0.395 e. The first kappa shape index (κ1) is 17.4. The average Bonchev–Trinajstić information content (AvgIpc) is 2.77. The summed E-state index contributed by atoms with van der Waals surface area (Å²) in [5.74, 6) is 0.362. The summed E-state index contributed by atoms with van der Waals surface area (Å²) < 4.78 is 28.4. The van der Waals surface area contributed by atoms with Gasteiger partial charge in [-0.1, -0.05) is 0 Å². The van der Waals surface area contributed by atoms with E-state index >= 15 is 0 Å². The fourth-order valence-corrected chi connectivity index (χ4v) is 2.96. The number of imidazole rings is 1. The van der Waals surface area contributed by atoms with Gasteiger partial charge in [0.1, 0.15) is 17.2 Å². The Hall–Kier alpha value is -2.00. The van der Waals surface area contributed by atoms with E-state index in [1.54, 1.807) is 25.5 Å². The first-order chi connectivity index (χ1) is 10.7. The largest absolute Gasteiger partial charge is 0.395 e. The number of rotatable bonds is 5. The minimum atomic E-state index is -3.47. The van der Waals surface area contributed by atoms with E-state index in [4.69, 9.17) is 9.92 Å². The van der Waals surface area contributed by atoms with Crippen molar-refractivity contribution in [2.45, 2.75) is 26.8 Å². The van der Waals surface area contributed by atoms with Gasteiger partial charge in [0, 0.05) is 19.2 Å². The predicted octanol–water partition coefficient (Wildman–Crippen LogP) is 0.406. The minimum absolute atomic E-state index is 0.0402. The lowest BCUT2D eigenvalue weighted by molar-refractivity contribution is 0.102. The van der Waals surface area contributed by atoms with Crippen molar-refractivity contribution in [2.24, 2.45) is 10.7 Å². The van der Waals surface area contributed by atoms with Crippen molar-refractivity contribution in [3.63, 3.8) is 0 Å². The van der Waals surface area contributed by atoms with Gasteiger partial charge in [-0.2, -0.15) is 8.42 Å². The van der Waals surface area contributed by atoms with Crippen molar-refractivity contribution in [1.82, 2.24) is 9.55 Å². The molecule has 0 saturated heterocycles. The molecule has 0 spiro atoms. The molecule has 1 aliphatic rings. The van der Waals surface area contributed by atoms with Gasteiger partial charge < -0.3 is 10.3 Å². The molecule has 1 aliphatic carbocycles. The van der Waals surface area contributed by atoms with Crippen LogP contribution in [0.1, 0.15) is 35.4 Å². The SMILES string of the molecule is CN=C1C(C)=C(N)C(=O)c2c1nc(C)n2CCCOS(C)(=O)=O. The molecule has 0 amide bonds. The highest BCUT2D eigenvalue weighted by molar-refractivity contribution is 7.85. The highest BCUT2D eigenvalue weighted by atomic mass is 32.2. The number of aryl methyl sites for hydroxylation is 1. The summed E-state index contributed by atoms with van der Waals surface area (Å²) in [6, 6.07) is 0. The Kier molecular flexibility index (Phi) is 4.71. The lowest BCUT2D eigenvalue weighted by Crippen LogP contribution is -2.28. The number of aliphatic imine (C=N–C) groups is 1. The third-order valence-electron chi connectivity index (χ3n) is 3.65. The van der Waals surface area contributed by atoms with E-state index in [1.165, 1.54) is 0 Å². The molecule has 8 nitrogen and oxygen atoms in total. The second kappa shape index (κ2) is 6.25. The van der Waals surface area contributed by atoms with Gasteiger partial charge in [-0.3, -0.25) is 14.0 Å². The summed E-state index contributed by atoms with van der Waals surface area (Å²) in [5.41, 5.74) is 8.19. The Labute approximate surface area is 135 Å². The Bertz CT molecular complexity index is 818. The lowest BCUT2D eigenvalue weighted by Gasteiger charge is -2.17. The predicted molar refractivity (Wildman–Crippen MR) is 86.1 cm³/mol. The topological polar surface area (TPSA) is 117 Å². The number of hydrogen-bond acceptors (Lipinski definition) is 7. The molecular formula is C14H20N4O4S. The van der Waals surface area contributed by atoms with E-state index in [1.807, 2.05) is 0 Å². The van der Waals surface area contributed by atoms with Crippen molar-refractivity contribution in [2.75, 3.05) is 19.9 Å². The first-order valence-corrected chi connectivity index (χ1v) is 8.89. The van der Waals surface area contributed by atoms with E-state index in [2.05, 4.69) is 9.98 Å². The molecule has 0 aliphatic heterocycles. The number of fused-ring (bicyclic) bond motifs is 1. The average molecular weight is 340 g/mol. The summed E-state index contributed by atoms with van der Waals surface area (Å²) in [6.45, 7) is 3.96. The summed E-state index contributed by atoms with van der Waals surface area (Å²) in [4.78, 5) is 21.1. The van der Waals surface area contributed by atoms with Crippen LogP contribution in [0.4, 0.5) is 0 Å². The summed E-state index contributed by atoms with van der Waals surface area (Å²) in [6.07, 6.45) is 1.42. The van der Waals surface area contributed by atoms with Crippen LogP contribution >= 0.6 is 0 Å². The highest BCUT2D eigenvalue weighted by Crippen LogP contribution is 2.25. The zero-order chi connectivity index (χ0) is 17.4. The van der Waals surface area contributed by atoms with Crippen molar-refractivity contribution >= 4 is 21.6 Å². The van der Waals surface area contributed by atoms with Gasteiger partial charge >= 0.3 is 0 Å². The number of carbonyl (C=O) groups is 1. The number of aromatic nitrogens is 2. The van der Waals surface area contributed by atoms with Crippen molar-refractivity contribution in [3.05, 3.63) is 28.5 Å². The van der Waals surface area contributed by atoms with E-state index < -0.39 is 10.1 Å². The number of allylic oxidation sites excluding steroid dienone is 2. The van der Waals surface area contributed by atoms with Gasteiger partial charge in [-0.15, -0.1) is 0 Å². The Morgan fingerprint density at radius 2 is 2.00 bits per heavy atom. The number of carbonyl (C=O) groups excluding carboxylic acids is 1. The third kappa shape index (κ3) is 3.35. The van der Waals surface area contributed by atoms with Gasteiger partial charge in [0.15, 0.2) is 0 Å². The molecule has 0 fully saturated rings. The van der Waals surface area contributed by atoms with Crippen LogP contribution in [-0.4, -0.2) is 49.4 Å². The second-order valence-electron chi connectivity index (χ2n) is 5.33. The number of nitrogens with zero attached hydrogens (tertiary/aromatic N) is 3. The summed E-state index contributed by atoms with van der Waals surface area (Å²) >= 11 is 0. The van der Waals surface area contributed by atoms with Crippen molar-refractivity contribution in [3.8, 4) is 0 Å². The molecule has 0 unspecified atom stereocenters. The van der Waals surface area contributed by atoms with E-state index in [0.29, 0.717) is 41.5 Å². The molecule has 9 heteroatoms. The highest BCUT2D eigenvalue weighted by Gasteiger charge is 2.32. The Morgan fingerprint density at radius 1 is 1.35 bits per heavy atom. The summed E-state index contributed by atoms with van der Waals surface area (Å²) in [5, 5.41) is 0. The standard InChI is InChI=1S/C14H20N4O4S/c1-8-10(15)14(19)13-12(11(8)16-3)17-9(2)18(13)6-5-7-22-23(4,20)21/h5-7,15H2,1-4H3. The molecule has 1 aromatic rings. The van der Waals surface area contributed by atoms with Crippen LogP contribution in [0.25, 0.3) is 0 Å². The third-order valence-corrected chi connectivity index (χ3v) is 4.24. The van der Waals surface area contributed by atoms with Gasteiger partial charge in [-0.25, -0.2) is 4.98 Å². The number of hydrogen-bond donors (Lipinski definition) is 1. The van der Waals surface area contributed by atoms with Crippen LogP contribution in [0.5, 0.6) is 0 Å². The fraction of sp³-hybridized carbons (Fsp3) is 0.500. The van der Waals surface area contributed by atoms with E-state index in [9.17, 15) is 13.2 Å². The van der Waals surface area contributed by atoms with Crippen LogP contribution in [0.2, 0.25) is 0 Å². The molecule has 0 radical (unpaired) electrons. The maximum Gasteiger partial charge on any atom is 0.264 e. The normalized spacial score (nSPS) is 17.0. The zero-order valence-corrected chi connectivity index (χ0v) is 14.4. The van der Waals surface area contributed by atoms with E-state index in [0.717, 1.165) is 6.26 Å². The van der Waals surface area contributed by atoms with Crippen molar-refractivity contribution < 1.29 is 17.4 Å². The molecule has 0 aromatic carbocycles. The molecule has 1 heterocycles. The van der Waals surface area contributed by atoms with Crippen molar-refractivity contribution in [1.29, 1.82) is 0 Å². The van der Waals surface area contributed by atoms with Gasteiger partial charge in [0.2, 0.25) is 5.78 Å². The second-order valence-corrected chi connectivity index (χ2v) is 6.97. The molecule has 126 valence electrons. The molecule has 1 aromatic heterocycles. The first-order valence-electron chi connectivity index (χ1n) is 7.07. The Morgan fingerprint density at radius 3 is 2.57 bits per heavy atom. The maximum atomic E-state index is 12.5. The molecule has 0 bridgehead atoms. The van der Waals surface area contributed by atoms with Crippen LogP contribution in [0.15, 0.2) is 16.3 Å². The number of Topliss-reactive ketones (excluding diaryl/α,β-unsaturated/α-hetero) is 1.